The molecule has 126 valence electrons. The maximum Gasteiger partial charge on any atom is 0.266 e. The van der Waals surface area contributed by atoms with Crippen molar-refractivity contribution in [1.82, 2.24) is 4.72 Å². The van der Waals surface area contributed by atoms with Crippen molar-refractivity contribution >= 4 is 73.8 Å². The van der Waals surface area contributed by atoms with Crippen molar-refractivity contribution in [2.45, 2.75) is 4.90 Å². The van der Waals surface area contributed by atoms with Crippen LogP contribution in [0.25, 0.3) is 0 Å². The molecule has 0 amide bonds. The average molecular weight is 427 g/mol. The lowest BCUT2D eigenvalue weighted by molar-refractivity contribution is 0.475. The third-order valence-electron chi connectivity index (χ3n) is 3.06. The van der Waals surface area contributed by atoms with Gasteiger partial charge in [-0.2, -0.15) is 0 Å². The van der Waals surface area contributed by atoms with Crippen molar-refractivity contribution in [1.29, 1.82) is 0 Å². The molecule has 1 heterocycles. The fourth-order valence-corrected chi connectivity index (χ4v) is 3.86. The van der Waals surface area contributed by atoms with Crippen molar-refractivity contribution in [3.8, 4) is 5.75 Å². The van der Waals surface area contributed by atoms with Gasteiger partial charge in [0.15, 0.2) is 5.75 Å². The second-order valence-electron chi connectivity index (χ2n) is 4.68. The van der Waals surface area contributed by atoms with Gasteiger partial charge >= 0.3 is 0 Å². The van der Waals surface area contributed by atoms with Crippen LogP contribution < -0.4 is 10.0 Å². The summed E-state index contributed by atoms with van der Waals surface area (Å²) < 4.78 is 26.9. The van der Waals surface area contributed by atoms with Crippen molar-refractivity contribution in [2.24, 2.45) is 4.99 Å². The fraction of sp³-hybridized carbons (Fsp3) is 0. The summed E-state index contributed by atoms with van der Waals surface area (Å²) in [7, 11) is -4.02. The number of nitrogens with zero attached hydrogens (tertiary/aromatic N) is 1. The molecule has 0 fully saturated rings. The zero-order chi connectivity index (χ0) is 17.6. The highest BCUT2D eigenvalue weighted by Crippen LogP contribution is 2.45. The lowest BCUT2D eigenvalue weighted by Gasteiger charge is -2.20. The summed E-state index contributed by atoms with van der Waals surface area (Å²) in [6, 6.07) is 5.70. The number of benzene rings is 2. The number of hydrogen-bond donors (Lipinski definition) is 3. The Kier molecular flexibility index (Phi) is 4.48. The van der Waals surface area contributed by atoms with E-state index in [9.17, 15) is 13.5 Å². The third-order valence-corrected chi connectivity index (χ3v) is 5.75. The molecule has 0 spiro atoms. The van der Waals surface area contributed by atoms with Crippen molar-refractivity contribution < 1.29 is 13.5 Å². The molecule has 6 nitrogen and oxygen atoms in total. The van der Waals surface area contributed by atoms with Gasteiger partial charge in [-0.15, -0.1) is 0 Å². The SMILES string of the molecule is O=S1(=O)NC(Nc2cc(Cl)ccc2Cl)=Nc2c1cc(Cl)c(Cl)c2O. The maximum atomic E-state index is 12.3. The standard InChI is InChI=1S/C13H7Cl4N3O3S/c14-5-1-2-6(15)8(3-5)18-13-19-11-9(24(22,23)20-13)4-7(16)10(17)12(11)21/h1-4,21H,(H2,18,19,20). The Labute approximate surface area is 157 Å². The summed E-state index contributed by atoms with van der Waals surface area (Å²) in [6.45, 7) is 0. The molecule has 0 saturated carbocycles. The Balaban J connectivity index is 2.12. The van der Waals surface area contributed by atoms with E-state index in [1.807, 2.05) is 0 Å². The minimum Gasteiger partial charge on any atom is -0.504 e. The van der Waals surface area contributed by atoms with E-state index in [1.54, 1.807) is 6.07 Å². The van der Waals surface area contributed by atoms with Crippen LogP contribution in [0.3, 0.4) is 0 Å². The summed E-state index contributed by atoms with van der Waals surface area (Å²) in [4.78, 5) is 3.73. The Bertz CT molecular complexity index is 992. The zero-order valence-corrected chi connectivity index (χ0v) is 15.3. The van der Waals surface area contributed by atoms with E-state index in [0.717, 1.165) is 6.07 Å². The number of aromatic hydroxyl groups is 1. The van der Waals surface area contributed by atoms with Gasteiger partial charge in [0, 0.05) is 5.02 Å². The van der Waals surface area contributed by atoms with Crippen LogP contribution in [-0.4, -0.2) is 19.5 Å². The Morgan fingerprint density at radius 1 is 1.08 bits per heavy atom. The molecular weight excluding hydrogens is 420 g/mol. The van der Waals surface area contributed by atoms with E-state index in [0.29, 0.717) is 15.7 Å². The molecule has 24 heavy (non-hydrogen) atoms. The quantitative estimate of drug-likeness (QED) is 0.630. The van der Waals surface area contributed by atoms with Crippen LogP contribution in [0.2, 0.25) is 20.1 Å². The fourth-order valence-electron chi connectivity index (χ4n) is 1.98. The Morgan fingerprint density at radius 2 is 1.79 bits per heavy atom. The second-order valence-corrected chi connectivity index (χ2v) is 7.96. The molecular formula is C13H7Cl4N3O3S. The molecule has 0 bridgehead atoms. The first kappa shape index (κ1) is 17.4. The highest BCUT2D eigenvalue weighted by atomic mass is 35.5. The lowest BCUT2D eigenvalue weighted by Crippen LogP contribution is -2.38. The summed E-state index contributed by atoms with van der Waals surface area (Å²) in [6.07, 6.45) is 0. The smallest absolute Gasteiger partial charge is 0.266 e. The van der Waals surface area contributed by atoms with Gasteiger partial charge in [-0.1, -0.05) is 46.4 Å². The zero-order valence-electron chi connectivity index (χ0n) is 11.4. The number of fused-ring (bicyclic) bond motifs is 1. The van der Waals surface area contributed by atoms with Crippen LogP contribution in [0.1, 0.15) is 0 Å². The highest BCUT2D eigenvalue weighted by Gasteiger charge is 2.30. The number of anilines is 1. The topological polar surface area (TPSA) is 90.8 Å². The number of guanidine groups is 1. The van der Waals surface area contributed by atoms with Crippen molar-refractivity contribution in [2.75, 3.05) is 5.32 Å². The number of sulfonamides is 1. The van der Waals surface area contributed by atoms with Crippen LogP contribution in [0.15, 0.2) is 34.2 Å². The summed E-state index contributed by atoms with van der Waals surface area (Å²) in [5, 5.41) is 13.1. The van der Waals surface area contributed by atoms with Gasteiger partial charge in [0.05, 0.1) is 15.7 Å². The first-order chi connectivity index (χ1) is 11.2. The van der Waals surface area contributed by atoms with Gasteiger partial charge in [0.1, 0.15) is 15.6 Å². The number of hydrogen-bond acceptors (Lipinski definition) is 5. The van der Waals surface area contributed by atoms with Crippen LogP contribution >= 0.6 is 46.4 Å². The maximum absolute atomic E-state index is 12.3. The monoisotopic (exact) mass is 425 g/mol. The number of phenols is 1. The molecule has 0 radical (unpaired) electrons. The first-order valence-corrected chi connectivity index (χ1v) is 9.23. The van der Waals surface area contributed by atoms with E-state index in [4.69, 9.17) is 46.4 Å². The van der Waals surface area contributed by atoms with E-state index in [-0.39, 0.29) is 26.6 Å². The first-order valence-electron chi connectivity index (χ1n) is 6.23. The number of phenolic OH excluding ortho intramolecular Hbond substituents is 1. The number of aliphatic imine (C=N–C) groups is 1. The van der Waals surface area contributed by atoms with Crippen LogP contribution in [0.5, 0.6) is 5.75 Å². The molecule has 0 atom stereocenters. The van der Waals surface area contributed by atoms with E-state index >= 15 is 0 Å². The van der Waals surface area contributed by atoms with Gasteiger partial charge in [-0.05, 0) is 24.3 Å². The molecule has 1 aliphatic heterocycles. The van der Waals surface area contributed by atoms with Gasteiger partial charge in [0.25, 0.3) is 10.0 Å². The molecule has 0 aromatic heterocycles. The molecule has 0 unspecified atom stereocenters. The molecule has 2 aromatic carbocycles. The lowest BCUT2D eigenvalue weighted by atomic mass is 10.3. The molecule has 2 aromatic rings. The predicted octanol–water partition coefficient (Wildman–Crippen LogP) is 4.40. The largest absolute Gasteiger partial charge is 0.504 e. The molecule has 11 heteroatoms. The van der Waals surface area contributed by atoms with Gasteiger partial charge in [-0.3, -0.25) is 0 Å². The third kappa shape index (κ3) is 3.10. The van der Waals surface area contributed by atoms with Crippen LogP contribution in [0.4, 0.5) is 11.4 Å². The minimum atomic E-state index is -4.02. The number of nitrogens with one attached hydrogen (secondary N) is 2. The molecule has 1 aliphatic rings. The highest BCUT2D eigenvalue weighted by molar-refractivity contribution is 7.90. The molecule has 0 aliphatic carbocycles. The molecule has 3 rings (SSSR count). The van der Waals surface area contributed by atoms with Crippen molar-refractivity contribution in [3.05, 3.63) is 44.4 Å². The summed E-state index contributed by atoms with van der Waals surface area (Å²) >= 11 is 23.5. The van der Waals surface area contributed by atoms with E-state index < -0.39 is 15.8 Å². The molecule has 3 N–H and O–H groups in total. The van der Waals surface area contributed by atoms with Crippen molar-refractivity contribution in [3.63, 3.8) is 0 Å². The number of halogens is 4. The van der Waals surface area contributed by atoms with Gasteiger partial charge in [-0.25, -0.2) is 18.1 Å². The second kappa shape index (κ2) is 6.16. The molecule has 0 saturated heterocycles. The summed E-state index contributed by atoms with van der Waals surface area (Å²) in [5.41, 5.74) is 0.0948. The Hall–Kier alpha value is -1.38. The Morgan fingerprint density at radius 3 is 2.50 bits per heavy atom. The number of rotatable bonds is 1. The van der Waals surface area contributed by atoms with Gasteiger partial charge in [0.2, 0.25) is 5.96 Å². The van der Waals surface area contributed by atoms with E-state index in [1.165, 1.54) is 12.1 Å². The predicted molar refractivity (Wildman–Crippen MR) is 95.6 cm³/mol. The normalized spacial score (nSPS) is 15.2. The van der Waals surface area contributed by atoms with Crippen LogP contribution in [-0.2, 0) is 10.0 Å². The van der Waals surface area contributed by atoms with Crippen LogP contribution in [0, 0.1) is 0 Å². The average Bonchev–Trinajstić information content (AvgIpc) is 2.50. The van der Waals surface area contributed by atoms with E-state index in [2.05, 4.69) is 15.0 Å². The summed E-state index contributed by atoms with van der Waals surface area (Å²) in [5.74, 6) is -0.721. The minimum absolute atomic E-state index is 0.109. The van der Waals surface area contributed by atoms with Gasteiger partial charge < -0.3 is 10.4 Å².